The lowest BCUT2D eigenvalue weighted by Gasteiger charge is -2.18. The fourth-order valence-corrected chi connectivity index (χ4v) is 0.996. The maximum Gasteiger partial charge on any atom is 0.241 e. The molecule has 0 aliphatic heterocycles. The summed E-state index contributed by atoms with van der Waals surface area (Å²) >= 11 is 0. The number of aliphatic hydroxyl groups is 2. The molecule has 0 unspecified atom stereocenters. The molecule has 1 rings (SSSR count). The normalized spacial score (nSPS) is 11.3. The van der Waals surface area contributed by atoms with Crippen LogP contribution in [0, 0.1) is 6.92 Å². The van der Waals surface area contributed by atoms with Crippen molar-refractivity contribution in [3.05, 3.63) is 29.8 Å². The zero-order valence-electron chi connectivity index (χ0n) is 7.20. The summed E-state index contributed by atoms with van der Waals surface area (Å²) in [4.78, 5) is 0. The van der Waals surface area contributed by atoms with E-state index >= 15 is 0 Å². The van der Waals surface area contributed by atoms with Gasteiger partial charge in [-0.1, -0.05) is 12.1 Å². The van der Waals surface area contributed by atoms with Crippen LogP contribution in [0.25, 0.3) is 0 Å². The molecular weight excluding hydrogens is 154 g/mol. The van der Waals surface area contributed by atoms with Crippen molar-refractivity contribution in [2.45, 2.75) is 19.8 Å². The molecule has 0 heterocycles. The maximum atomic E-state index is 9.01. The number of nitrogens with one attached hydrogen (secondary N) is 1. The Morgan fingerprint density at radius 2 is 2.00 bits per heavy atom. The minimum Gasteiger partial charge on any atom is -0.349 e. The Kier molecular flexibility index (Phi) is 2.35. The van der Waals surface area contributed by atoms with Gasteiger partial charge in [-0.25, -0.2) is 0 Å². The first-order chi connectivity index (χ1) is 5.47. The van der Waals surface area contributed by atoms with Gasteiger partial charge in [-0.05, 0) is 24.6 Å². The second-order valence-electron chi connectivity index (χ2n) is 3.02. The largest absolute Gasteiger partial charge is 0.349 e. The van der Waals surface area contributed by atoms with Crippen LogP contribution in [0.4, 0.5) is 5.69 Å². The van der Waals surface area contributed by atoms with Gasteiger partial charge in [-0.15, -0.1) is 0 Å². The standard InChI is InChI=1S/C9H13NO2/c1-7-4-3-5-8(6-7)10-9(2,11)12/h3-6,10-12H,1-2H3. The van der Waals surface area contributed by atoms with Crippen molar-refractivity contribution < 1.29 is 10.2 Å². The zero-order chi connectivity index (χ0) is 9.19. The molecule has 0 amide bonds. The smallest absolute Gasteiger partial charge is 0.241 e. The molecule has 0 saturated carbocycles. The average molecular weight is 167 g/mol. The minimum absolute atomic E-state index is 0.697. The molecule has 1 aromatic carbocycles. The summed E-state index contributed by atoms with van der Waals surface area (Å²) in [5, 5.41) is 20.5. The second-order valence-corrected chi connectivity index (χ2v) is 3.02. The number of hydrogen-bond acceptors (Lipinski definition) is 3. The first-order valence-electron chi connectivity index (χ1n) is 3.77. The van der Waals surface area contributed by atoms with Gasteiger partial charge in [0, 0.05) is 12.6 Å². The molecule has 3 nitrogen and oxygen atoms in total. The minimum atomic E-state index is -1.85. The SMILES string of the molecule is Cc1cccc(NC(C)(O)O)c1. The third kappa shape index (κ3) is 2.90. The van der Waals surface area contributed by atoms with Gasteiger partial charge in [0.25, 0.3) is 0 Å². The molecule has 0 aliphatic rings. The molecule has 0 spiro atoms. The number of rotatable bonds is 2. The highest BCUT2D eigenvalue weighted by Gasteiger charge is 2.13. The van der Waals surface area contributed by atoms with E-state index in [0.29, 0.717) is 5.69 Å². The molecule has 1 aromatic rings. The van der Waals surface area contributed by atoms with Crippen molar-refractivity contribution >= 4 is 5.69 Å². The highest BCUT2D eigenvalue weighted by Crippen LogP contribution is 2.12. The van der Waals surface area contributed by atoms with Gasteiger partial charge in [-0.2, -0.15) is 0 Å². The van der Waals surface area contributed by atoms with E-state index in [1.807, 2.05) is 25.1 Å². The van der Waals surface area contributed by atoms with Crippen molar-refractivity contribution in [2.24, 2.45) is 0 Å². The Bertz CT molecular complexity index is 265. The van der Waals surface area contributed by atoms with Crippen molar-refractivity contribution in [1.29, 1.82) is 0 Å². The van der Waals surface area contributed by atoms with Crippen LogP contribution in [-0.2, 0) is 0 Å². The Morgan fingerprint density at radius 1 is 1.33 bits per heavy atom. The van der Waals surface area contributed by atoms with E-state index in [4.69, 9.17) is 10.2 Å². The maximum absolute atomic E-state index is 9.01. The van der Waals surface area contributed by atoms with Gasteiger partial charge in [0.2, 0.25) is 5.91 Å². The first kappa shape index (κ1) is 9.03. The fraction of sp³-hybridized carbons (Fsp3) is 0.333. The number of benzene rings is 1. The lowest BCUT2D eigenvalue weighted by atomic mass is 10.2. The van der Waals surface area contributed by atoms with Crippen LogP contribution in [0.15, 0.2) is 24.3 Å². The van der Waals surface area contributed by atoms with E-state index in [9.17, 15) is 0 Å². The number of hydrogen-bond donors (Lipinski definition) is 3. The molecular formula is C9H13NO2. The number of anilines is 1. The van der Waals surface area contributed by atoms with Crippen LogP contribution in [0.3, 0.4) is 0 Å². The summed E-state index contributed by atoms with van der Waals surface area (Å²) < 4.78 is 0. The third-order valence-electron chi connectivity index (χ3n) is 1.40. The molecule has 0 fully saturated rings. The fourth-order valence-electron chi connectivity index (χ4n) is 0.996. The molecule has 0 bridgehead atoms. The zero-order valence-corrected chi connectivity index (χ0v) is 7.20. The average Bonchev–Trinajstić information content (AvgIpc) is 1.82. The van der Waals surface area contributed by atoms with Crippen molar-refractivity contribution in [3.63, 3.8) is 0 Å². The lowest BCUT2D eigenvalue weighted by Crippen LogP contribution is -2.33. The van der Waals surface area contributed by atoms with E-state index < -0.39 is 5.91 Å². The summed E-state index contributed by atoms with van der Waals surface area (Å²) in [6.07, 6.45) is 0. The lowest BCUT2D eigenvalue weighted by molar-refractivity contribution is -0.118. The van der Waals surface area contributed by atoms with Crippen molar-refractivity contribution in [2.75, 3.05) is 5.32 Å². The summed E-state index contributed by atoms with van der Waals surface area (Å²) in [6.45, 7) is 3.21. The summed E-state index contributed by atoms with van der Waals surface area (Å²) in [5.74, 6) is -1.85. The topological polar surface area (TPSA) is 52.5 Å². The Balaban J connectivity index is 2.77. The first-order valence-corrected chi connectivity index (χ1v) is 3.77. The molecule has 0 aliphatic carbocycles. The van der Waals surface area contributed by atoms with Gasteiger partial charge in [-0.3, -0.25) is 0 Å². The van der Waals surface area contributed by atoms with Crippen LogP contribution in [0.5, 0.6) is 0 Å². The van der Waals surface area contributed by atoms with Crippen LogP contribution < -0.4 is 5.32 Å². The molecule has 0 radical (unpaired) electrons. The van der Waals surface area contributed by atoms with E-state index in [1.165, 1.54) is 6.92 Å². The second kappa shape index (κ2) is 3.13. The molecule has 0 saturated heterocycles. The van der Waals surface area contributed by atoms with E-state index in [1.54, 1.807) is 6.07 Å². The predicted molar refractivity (Wildman–Crippen MR) is 47.6 cm³/mol. The van der Waals surface area contributed by atoms with Crippen LogP contribution >= 0.6 is 0 Å². The van der Waals surface area contributed by atoms with E-state index in [-0.39, 0.29) is 0 Å². The highest BCUT2D eigenvalue weighted by molar-refractivity contribution is 5.46. The molecule has 0 atom stereocenters. The van der Waals surface area contributed by atoms with Gasteiger partial charge >= 0.3 is 0 Å². The Morgan fingerprint density at radius 3 is 2.50 bits per heavy atom. The third-order valence-corrected chi connectivity index (χ3v) is 1.40. The summed E-state index contributed by atoms with van der Waals surface area (Å²) in [6, 6.07) is 7.41. The number of aryl methyl sites for hydroxylation is 1. The highest BCUT2D eigenvalue weighted by atomic mass is 16.5. The van der Waals surface area contributed by atoms with Crippen LogP contribution in [-0.4, -0.2) is 16.1 Å². The Labute approximate surface area is 71.7 Å². The van der Waals surface area contributed by atoms with E-state index in [0.717, 1.165) is 5.56 Å². The van der Waals surface area contributed by atoms with Crippen LogP contribution in [0.1, 0.15) is 12.5 Å². The molecule has 66 valence electrons. The van der Waals surface area contributed by atoms with Gasteiger partial charge in [0.05, 0.1) is 0 Å². The van der Waals surface area contributed by atoms with E-state index in [2.05, 4.69) is 5.32 Å². The van der Waals surface area contributed by atoms with Crippen molar-refractivity contribution in [3.8, 4) is 0 Å². The summed E-state index contributed by atoms with van der Waals surface area (Å²) in [7, 11) is 0. The molecule has 3 N–H and O–H groups in total. The monoisotopic (exact) mass is 167 g/mol. The van der Waals surface area contributed by atoms with Crippen LogP contribution in [0.2, 0.25) is 0 Å². The van der Waals surface area contributed by atoms with Crippen molar-refractivity contribution in [1.82, 2.24) is 0 Å². The van der Waals surface area contributed by atoms with Gasteiger partial charge in [0.15, 0.2) is 0 Å². The molecule has 0 aromatic heterocycles. The predicted octanol–water partition coefficient (Wildman–Crippen LogP) is 1.07. The van der Waals surface area contributed by atoms with Gasteiger partial charge in [0.1, 0.15) is 0 Å². The summed E-state index contributed by atoms with van der Waals surface area (Å²) in [5.41, 5.74) is 1.77. The molecule has 12 heavy (non-hydrogen) atoms. The van der Waals surface area contributed by atoms with Gasteiger partial charge < -0.3 is 15.5 Å². The molecule has 3 heteroatoms. The quantitative estimate of drug-likeness (QED) is 0.577. The Hall–Kier alpha value is -1.06.